The molecule has 0 unspecified atom stereocenters. The van der Waals surface area contributed by atoms with Crippen molar-refractivity contribution in [1.29, 1.82) is 0 Å². The van der Waals surface area contributed by atoms with E-state index >= 15 is 0 Å². The number of rotatable bonds is 7. The molecular formula is C22H19ClN2O3S. The predicted molar refractivity (Wildman–Crippen MR) is 117 cm³/mol. The molecule has 1 amide bonds. The first-order valence-corrected chi connectivity index (χ1v) is 10.3. The van der Waals surface area contributed by atoms with Crippen molar-refractivity contribution < 1.29 is 14.3 Å². The minimum Gasteiger partial charge on any atom is -0.427 e. The van der Waals surface area contributed by atoms with Crippen molar-refractivity contribution in [2.45, 2.75) is 19.8 Å². The van der Waals surface area contributed by atoms with Crippen LogP contribution in [-0.4, -0.2) is 16.9 Å². The van der Waals surface area contributed by atoms with Gasteiger partial charge in [0.2, 0.25) is 5.91 Å². The highest BCUT2D eigenvalue weighted by atomic mass is 35.5. The van der Waals surface area contributed by atoms with Gasteiger partial charge in [-0.2, -0.15) is 0 Å². The van der Waals surface area contributed by atoms with E-state index in [9.17, 15) is 9.59 Å². The molecule has 0 aliphatic rings. The van der Waals surface area contributed by atoms with Gasteiger partial charge < -0.3 is 4.74 Å². The van der Waals surface area contributed by atoms with E-state index in [0.29, 0.717) is 22.3 Å². The van der Waals surface area contributed by atoms with Crippen LogP contribution in [-0.2, 0) is 9.59 Å². The summed E-state index contributed by atoms with van der Waals surface area (Å²) in [5.74, 6) is -0.0420. The standard InChI is InChI=1S/C22H19ClN2O3S/c1-2-3-21(27)28-18-11-4-15(5-12-18)6-13-20(26)25-22-24-19(14-29-22)16-7-9-17(23)10-8-16/h4-14H,2-3H2,1H3,(H,24,25,26)/b13-6+. The summed E-state index contributed by atoms with van der Waals surface area (Å²) >= 11 is 7.25. The molecule has 1 aromatic heterocycles. The molecule has 2 aromatic carbocycles. The maximum absolute atomic E-state index is 12.1. The number of hydrogen-bond acceptors (Lipinski definition) is 5. The Morgan fingerprint density at radius 1 is 1.14 bits per heavy atom. The van der Waals surface area contributed by atoms with E-state index in [4.69, 9.17) is 16.3 Å². The molecule has 7 heteroatoms. The molecule has 0 radical (unpaired) electrons. The molecule has 0 aliphatic carbocycles. The van der Waals surface area contributed by atoms with Gasteiger partial charge in [-0.1, -0.05) is 42.8 Å². The molecule has 1 heterocycles. The molecule has 148 valence electrons. The highest BCUT2D eigenvalue weighted by Gasteiger charge is 2.07. The second-order valence-corrected chi connectivity index (χ2v) is 7.46. The first kappa shape index (κ1) is 20.8. The summed E-state index contributed by atoms with van der Waals surface area (Å²) in [5.41, 5.74) is 2.53. The normalized spacial score (nSPS) is 10.8. The Morgan fingerprint density at radius 3 is 2.55 bits per heavy atom. The van der Waals surface area contributed by atoms with Crippen LogP contribution in [0.5, 0.6) is 5.75 Å². The largest absolute Gasteiger partial charge is 0.427 e. The van der Waals surface area contributed by atoms with Gasteiger partial charge in [-0.05, 0) is 42.3 Å². The summed E-state index contributed by atoms with van der Waals surface area (Å²) in [6.07, 6.45) is 4.25. The van der Waals surface area contributed by atoms with Crippen molar-refractivity contribution in [3.8, 4) is 17.0 Å². The van der Waals surface area contributed by atoms with Gasteiger partial charge in [-0.3, -0.25) is 14.9 Å². The van der Waals surface area contributed by atoms with Crippen LogP contribution in [0, 0.1) is 0 Å². The minimum absolute atomic E-state index is 0.253. The van der Waals surface area contributed by atoms with Gasteiger partial charge in [-0.25, -0.2) is 4.98 Å². The van der Waals surface area contributed by atoms with Crippen LogP contribution >= 0.6 is 22.9 Å². The number of halogens is 1. The number of carbonyl (C=O) groups is 2. The molecule has 3 rings (SSSR count). The van der Waals surface area contributed by atoms with Crippen LogP contribution in [0.15, 0.2) is 60.0 Å². The van der Waals surface area contributed by atoms with Gasteiger partial charge >= 0.3 is 5.97 Å². The van der Waals surface area contributed by atoms with Crippen LogP contribution in [0.25, 0.3) is 17.3 Å². The first-order valence-electron chi connectivity index (χ1n) is 9.05. The lowest BCUT2D eigenvalue weighted by Gasteiger charge is -2.03. The lowest BCUT2D eigenvalue weighted by atomic mass is 10.2. The number of benzene rings is 2. The van der Waals surface area contributed by atoms with Crippen LogP contribution in [0.4, 0.5) is 5.13 Å². The Bertz CT molecular complexity index is 1010. The quantitative estimate of drug-likeness (QED) is 0.293. The summed E-state index contributed by atoms with van der Waals surface area (Å²) in [5, 5.41) is 5.81. The second kappa shape index (κ2) is 10.0. The van der Waals surface area contributed by atoms with Gasteiger partial charge in [0, 0.05) is 28.5 Å². The smallest absolute Gasteiger partial charge is 0.311 e. The number of nitrogens with zero attached hydrogens (tertiary/aromatic N) is 1. The molecule has 29 heavy (non-hydrogen) atoms. The van der Waals surface area contributed by atoms with E-state index in [1.807, 2.05) is 24.4 Å². The Hall–Kier alpha value is -2.96. The van der Waals surface area contributed by atoms with Gasteiger partial charge in [0.15, 0.2) is 5.13 Å². The molecule has 3 aromatic rings. The number of esters is 1. The summed E-state index contributed by atoms with van der Waals surface area (Å²) in [6.45, 7) is 1.92. The van der Waals surface area contributed by atoms with E-state index in [0.717, 1.165) is 23.2 Å². The first-order chi connectivity index (χ1) is 14.0. The van der Waals surface area contributed by atoms with Crippen molar-refractivity contribution in [3.63, 3.8) is 0 Å². The number of aromatic nitrogens is 1. The number of hydrogen-bond donors (Lipinski definition) is 1. The maximum Gasteiger partial charge on any atom is 0.311 e. The summed E-state index contributed by atoms with van der Waals surface area (Å²) in [4.78, 5) is 28.1. The maximum atomic E-state index is 12.1. The predicted octanol–water partition coefficient (Wildman–Crippen LogP) is 5.82. The summed E-state index contributed by atoms with van der Waals surface area (Å²) < 4.78 is 5.20. The molecule has 0 aliphatic heterocycles. The Balaban J connectivity index is 1.56. The fraction of sp³-hybridized carbons (Fsp3) is 0.136. The summed E-state index contributed by atoms with van der Waals surface area (Å²) in [6, 6.07) is 14.3. The monoisotopic (exact) mass is 426 g/mol. The van der Waals surface area contributed by atoms with E-state index in [-0.39, 0.29) is 11.9 Å². The molecule has 0 fully saturated rings. The molecule has 0 saturated heterocycles. The molecule has 0 atom stereocenters. The van der Waals surface area contributed by atoms with Crippen LogP contribution < -0.4 is 10.1 Å². The van der Waals surface area contributed by atoms with E-state index < -0.39 is 0 Å². The third kappa shape index (κ3) is 6.27. The van der Waals surface area contributed by atoms with Gasteiger partial charge in [-0.15, -0.1) is 11.3 Å². The molecule has 0 saturated carbocycles. The van der Waals surface area contributed by atoms with Crippen molar-refractivity contribution >= 4 is 46.0 Å². The Morgan fingerprint density at radius 2 is 1.86 bits per heavy atom. The zero-order chi connectivity index (χ0) is 20.6. The molecule has 1 N–H and O–H groups in total. The average molecular weight is 427 g/mol. The topological polar surface area (TPSA) is 68.3 Å². The lowest BCUT2D eigenvalue weighted by Crippen LogP contribution is -2.07. The number of amides is 1. The van der Waals surface area contributed by atoms with Crippen molar-refractivity contribution in [1.82, 2.24) is 4.98 Å². The Kier molecular flexibility index (Phi) is 7.16. The van der Waals surface area contributed by atoms with Crippen LogP contribution in [0.2, 0.25) is 5.02 Å². The number of thiazole rings is 1. The second-order valence-electron chi connectivity index (χ2n) is 6.16. The average Bonchev–Trinajstić information content (AvgIpc) is 3.16. The van der Waals surface area contributed by atoms with E-state index in [1.165, 1.54) is 17.4 Å². The van der Waals surface area contributed by atoms with E-state index in [1.54, 1.807) is 42.5 Å². The third-order valence-corrected chi connectivity index (χ3v) is 4.88. The van der Waals surface area contributed by atoms with Crippen molar-refractivity contribution in [2.24, 2.45) is 0 Å². The number of carbonyl (C=O) groups excluding carboxylic acids is 2. The minimum atomic E-state index is -0.277. The zero-order valence-electron chi connectivity index (χ0n) is 15.7. The number of ether oxygens (including phenoxy) is 1. The Labute approximate surface area is 178 Å². The SMILES string of the molecule is CCCC(=O)Oc1ccc(/C=C/C(=O)Nc2nc(-c3ccc(Cl)cc3)cs2)cc1. The number of anilines is 1. The van der Waals surface area contributed by atoms with Gasteiger partial charge in [0.1, 0.15) is 5.75 Å². The lowest BCUT2D eigenvalue weighted by molar-refractivity contribution is -0.134. The van der Waals surface area contributed by atoms with Crippen molar-refractivity contribution in [3.05, 3.63) is 70.6 Å². The molecular weight excluding hydrogens is 408 g/mol. The zero-order valence-corrected chi connectivity index (χ0v) is 17.3. The fourth-order valence-electron chi connectivity index (χ4n) is 2.44. The van der Waals surface area contributed by atoms with E-state index in [2.05, 4.69) is 10.3 Å². The van der Waals surface area contributed by atoms with Crippen molar-refractivity contribution in [2.75, 3.05) is 5.32 Å². The highest BCUT2D eigenvalue weighted by molar-refractivity contribution is 7.14. The molecule has 5 nitrogen and oxygen atoms in total. The third-order valence-electron chi connectivity index (χ3n) is 3.87. The molecule has 0 bridgehead atoms. The van der Waals surface area contributed by atoms with Gasteiger partial charge in [0.05, 0.1) is 5.69 Å². The van der Waals surface area contributed by atoms with Crippen LogP contribution in [0.1, 0.15) is 25.3 Å². The highest BCUT2D eigenvalue weighted by Crippen LogP contribution is 2.26. The fourth-order valence-corrected chi connectivity index (χ4v) is 3.29. The molecule has 0 spiro atoms. The van der Waals surface area contributed by atoms with Gasteiger partial charge in [0.25, 0.3) is 0 Å². The van der Waals surface area contributed by atoms with Crippen LogP contribution in [0.3, 0.4) is 0 Å². The summed E-state index contributed by atoms with van der Waals surface area (Å²) in [7, 11) is 0. The number of nitrogens with one attached hydrogen (secondary N) is 1.